The molecule has 3 aromatic heterocycles. The average molecular weight is 428 g/mol. The Balaban J connectivity index is 1.25. The standard InChI is InChI=1S/C21H20N10O/c22-12-15-11-16(14-23-13-15)19-3-6-26-31(19)21(32)30-9-7-29(8-10-30)20-24-4-1-17(27-20)18-2-5-25-28-18/h1-2,4-6,11,13-14,19H,3,7-10H2,(H,25,28)/t19-/m0/s1. The third-order valence-electron chi connectivity index (χ3n) is 5.55. The lowest BCUT2D eigenvalue weighted by Crippen LogP contribution is -2.52. The molecule has 2 amide bonds. The van der Waals surface area contributed by atoms with Crippen LogP contribution in [0.15, 0.2) is 48.1 Å². The first-order valence-corrected chi connectivity index (χ1v) is 10.3. The second-order valence-electron chi connectivity index (χ2n) is 7.48. The Bertz CT molecular complexity index is 1180. The third kappa shape index (κ3) is 3.74. The predicted octanol–water partition coefficient (Wildman–Crippen LogP) is 1.81. The molecule has 1 N–H and O–H groups in total. The van der Waals surface area contributed by atoms with E-state index in [4.69, 9.17) is 5.26 Å². The zero-order valence-electron chi connectivity index (χ0n) is 17.2. The summed E-state index contributed by atoms with van der Waals surface area (Å²) < 4.78 is 0. The van der Waals surface area contributed by atoms with Crippen LogP contribution in [0.4, 0.5) is 10.7 Å². The Labute approximate surface area is 184 Å². The van der Waals surface area contributed by atoms with E-state index in [0.717, 1.165) is 17.0 Å². The van der Waals surface area contributed by atoms with Gasteiger partial charge in [-0.25, -0.2) is 19.8 Å². The van der Waals surface area contributed by atoms with Crippen molar-refractivity contribution in [2.24, 2.45) is 5.10 Å². The van der Waals surface area contributed by atoms with E-state index in [1.54, 1.807) is 35.8 Å². The fourth-order valence-electron chi connectivity index (χ4n) is 3.87. The molecule has 0 bridgehead atoms. The van der Waals surface area contributed by atoms with E-state index in [1.807, 2.05) is 12.1 Å². The maximum atomic E-state index is 13.2. The Morgan fingerprint density at radius 2 is 2.03 bits per heavy atom. The molecule has 160 valence electrons. The molecule has 3 aromatic rings. The molecule has 0 spiro atoms. The number of nitriles is 1. The molecule has 2 aliphatic rings. The van der Waals surface area contributed by atoms with Crippen molar-refractivity contribution in [3.8, 4) is 17.5 Å². The van der Waals surface area contributed by atoms with E-state index >= 15 is 0 Å². The van der Waals surface area contributed by atoms with E-state index in [0.29, 0.717) is 44.1 Å². The van der Waals surface area contributed by atoms with Crippen LogP contribution in [0.5, 0.6) is 0 Å². The number of hydrazone groups is 1. The summed E-state index contributed by atoms with van der Waals surface area (Å²) in [5.41, 5.74) is 2.87. The number of amides is 2. The lowest BCUT2D eigenvalue weighted by Gasteiger charge is -2.37. The topological polar surface area (TPSA) is 130 Å². The maximum absolute atomic E-state index is 13.2. The first-order valence-electron chi connectivity index (χ1n) is 10.3. The summed E-state index contributed by atoms with van der Waals surface area (Å²) in [6.45, 7) is 2.30. The summed E-state index contributed by atoms with van der Waals surface area (Å²) in [5.74, 6) is 0.626. The molecule has 1 atom stereocenters. The Morgan fingerprint density at radius 1 is 1.16 bits per heavy atom. The molecule has 0 radical (unpaired) electrons. The third-order valence-corrected chi connectivity index (χ3v) is 5.55. The average Bonchev–Trinajstić information content (AvgIpc) is 3.57. The van der Waals surface area contributed by atoms with Crippen LogP contribution in [-0.2, 0) is 0 Å². The minimum Gasteiger partial charge on any atom is -0.337 e. The van der Waals surface area contributed by atoms with Crippen LogP contribution in [0.25, 0.3) is 11.4 Å². The van der Waals surface area contributed by atoms with Gasteiger partial charge in [0, 0.05) is 63.6 Å². The van der Waals surface area contributed by atoms with Crippen LogP contribution in [0.2, 0.25) is 0 Å². The van der Waals surface area contributed by atoms with Crippen LogP contribution >= 0.6 is 0 Å². The Hall–Kier alpha value is -4.33. The lowest BCUT2D eigenvalue weighted by molar-refractivity contribution is 0.139. The molecular formula is C21H20N10O. The maximum Gasteiger partial charge on any atom is 0.341 e. The van der Waals surface area contributed by atoms with Crippen molar-refractivity contribution in [2.45, 2.75) is 12.5 Å². The number of carbonyl (C=O) groups is 1. The van der Waals surface area contributed by atoms with E-state index in [9.17, 15) is 4.79 Å². The lowest BCUT2D eigenvalue weighted by atomic mass is 10.1. The molecule has 1 fully saturated rings. The van der Waals surface area contributed by atoms with Gasteiger partial charge in [0.2, 0.25) is 5.95 Å². The highest BCUT2D eigenvalue weighted by atomic mass is 16.2. The van der Waals surface area contributed by atoms with Gasteiger partial charge >= 0.3 is 6.03 Å². The highest BCUT2D eigenvalue weighted by Gasteiger charge is 2.33. The van der Waals surface area contributed by atoms with Gasteiger partial charge in [-0.1, -0.05) is 0 Å². The van der Waals surface area contributed by atoms with Crippen molar-refractivity contribution < 1.29 is 4.79 Å². The minimum absolute atomic E-state index is 0.155. The molecule has 32 heavy (non-hydrogen) atoms. The summed E-state index contributed by atoms with van der Waals surface area (Å²) >= 11 is 0. The van der Waals surface area contributed by atoms with E-state index in [-0.39, 0.29) is 12.1 Å². The van der Waals surface area contributed by atoms with Crippen molar-refractivity contribution in [1.29, 1.82) is 5.26 Å². The number of pyridine rings is 1. The van der Waals surface area contributed by atoms with Crippen molar-refractivity contribution in [3.05, 3.63) is 54.1 Å². The van der Waals surface area contributed by atoms with Crippen molar-refractivity contribution in [3.63, 3.8) is 0 Å². The second kappa shape index (κ2) is 8.43. The molecular weight excluding hydrogens is 408 g/mol. The highest BCUT2D eigenvalue weighted by molar-refractivity contribution is 5.78. The molecule has 0 aromatic carbocycles. The highest BCUT2D eigenvalue weighted by Crippen LogP contribution is 2.29. The Morgan fingerprint density at radius 3 is 2.81 bits per heavy atom. The molecule has 0 unspecified atom stereocenters. The number of urea groups is 1. The van der Waals surface area contributed by atoms with Gasteiger partial charge in [-0.3, -0.25) is 10.1 Å². The van der Waals surface area contributed by atoms with E-state index in [2.05, 4.69) is 41.2 Å². The number of aromatic nitrogens is 5. The quantitative estimate of drug-likeness (QED) is 0.673. The number of rotatable bonds is 3. The molecule has 5 heterocycles. The largest absolute Gasteiger partial charge is 0.341 e. The first kappa shape index (κ1) is 19.6. The number of hydrogen-bond acceptors (Lipinski definition) is 8. The fourth-order valence-corrected chi connectivity index (χ4v) is 3.87. The smallest absolute Gasteiger partial charge is 0.337 e. The number of hydrogen-bond donors (Lipinski definition) is 1. The van der Waals surface area contributed by atoms with Crippen LogP contribution in [0.3, 0.4) is 0 Å². The van der Waals surface area contributed by atoms with Gasteiger partial charge in [0.25, 0.3) is 0 Å². The van der Waals surface area contributed by atoms with Gasteiger partial charge in [0.05, 0.1) is 23.0 Å². The molecule has 11 nitrogen and oxygen atoms in total. The molecule has 0 saturated carbocycles. The normalized spacial score (nSPS) is 18.1. The summed E-state index contributed by atoms with van der Waals surface area (Å²) in [7, 11) is 0. The summed E-state index contributed by atoms with van der Waals surface area (Å²) in [6.07, 6.45) is 8.92. The van der Waals surface area contributed by atoms with Crippen molar-refractivity contribution >= 4 is 18.2 Å². The van der Waals surface area contributed by atoms with Gasteiger partial charge in [0.1, 0.15) is 6.07 Å². The zero-order valence-corrected chi connectivity index (χ0v) is 17.2. The van der Waals surface area contributed by atoms with Gasteiger partial charge in [0.15, 0.2) is 0 Å². The van der Waals surface area contributed by atoms with Gasteiger partial charge in [-0.15, -0.1) is 0 Å². The predicted molar refractivity (Wildman–Crippen MR) is 115 cm³/mol. The fraction of sp³-hybridized carbons (Fsp3) is 0.286. The van der Waals surface area contributed by atoms with Crippen LogP contribution in [-0.4, -0.2) is 73.5 Å². The van der Waals surface area contributed by atoms with Gasteiger partial charge < -0.3 is 9.80 Å². The van der Waals surface area contributed by atoms with E-state index in [1.165, 1.54) is 11.2 Å². The number of piperazine rings is 1. The van der Waals surface area contributed by atoms with Crippen LogP contribution in [0.1, 0.15) is 23.6 Å². The molecule has 0 aliphatic carbocycles. The number of carbonyl (C=O) groups excluding carboxylic acids is 1. The summed E-state index contributed by atoms with van der Waals surface area (Å²) in [5, 5.41) is 21.8. The summed E-state index contributed by atoms with van der Waals surface area (Å²) in [4.78, 5) is 30.2. The molecule has 11 heteroatoms. The van der Waals surface area contributed by atoms with E-state index < -0.39 is 0 Å². The van der Waals surface area contributed by atoms with Gasteiger partial charge in [-0.2, -0.15) is 15.5 Å². The SMILES string of the molecule is N#Cc1cncc([C@@H]2CC=NN2C(=O)N2CCN(c3nccc(-c4ccn[nH]4)n3)CC2)c1. The number of aromatic amines is 1. The molecule has 1 saturated heterocycles. The van der Waals surface area contributed by atoms with Crippen molar-refractivity contribution in [1.82, 2.24) is 35.1 Å². The molecule has 2 aliphatic heterocycles. The van der Waals surface area contributed by atoms with Crippen molar-refractivity contribution in [2.75, 3.05) is 31.1 Å². The molecule has 5 rings (SSSR count). The number of nitrogens with zero attached hydrogens (tertiary/aromatic N) is 9. The first-order chi connectivity index (χ1) is 15.7. The van der Waals surface area contributed by atoms with Crippen LogP contribution < -0.4 is 4.90 Å². The number of anilines is 1. The zero-order chi connectivity index (χ0) is 21.9. The van der Waals surface area contributed by atoms with Gasteiger partial charge in [-0.05, 0) is 23.8 Å². The second-order valence-corrected chi connectivity index (χ2v) is 7.48. The Kier molecular flexibility index (Phi) is 5.17. The van der Waals surface area contributed by atoms with Crippen LogP contribution in [0, 0.1) is 11.3 Å². The number of nitrogens with one attached hydrogen (secondary N) is 1. The summed E-state index contributed by atoms with van der Waals surface area (Å²) in [6, 6.07) is 7.13. The monoisotopic (exact) mass is 428 g/mol. The number of H-pyrrole nitrogens is 1. The minimum atomic E-state index is -0.254.